The molecule has 2 N–H and O–H groups in total. The van der Waals surface area contributed by atoms with Crippen molar-refractivity contribution in [3.05, 3.63) is 46.9 Å². The Morgan fingerprint density at radius 3 is 2.70 bits per heavy atom. The van der Waals surface area contributed by atoms with Crippen molar-refractivity contribution in [3.8, 4) is 0 Å². The van der Waals surface area contributed by atoms with Gasteiger partial charge in [0.1, 0.15) is 17.2 Å². The summed E-state index contributed by atoms with van der Waals surface area (Å²) in [5.74, 6) is -1.02. The van der Waals surface area contributed by atoms with E-state index in [4.69, 9.17) is 0 Å². The lowest BCUT2D eigenvalue weighted by atomic mass is 10.1. The maximum Gasteiger partial charge on any atom is 0.341 e. The van der Waals surface area contributed by atoms with Crippen molar-refractivity contribution in [2.75, 3.05) is 5.32 Å². The number of aryl methyl sites for hydroxylation is 2. The molecule has 0 spiro atoms. The highest BCUT2D eigenvalue weighted by atomic mass is 19.1. The normalized spacial score (nSPS) is 12.2. The largest absolute Gasteiger partial charge is 0.477 e. The molecule has 0 saturated carbocycles. The lowest BCUT2D eigenvalue weighted by molar-refractivity contribution is 0.0697. The Kier molecular flexibility index (Phi) is 3.74. The average molecular weight is 277 g/mol. The summed E-state index contributed by atoms with van der Waals surface area (Å²) in [6, 6.07) is 6.02. The molecule has 0 aliphatic carbocycles. The van der Waals surface area contributed by atoms with Gasteiger partial charge < -0.3 is 10.4 Å². The minimum absolute atomic E-state index is 0.107. The van der Waals surface area contributed by atoms with Gasteiger partial charge in [-0.2, -0.15) is 5.10 Å². The van der Waals surface area contributed by atoms with E-state index in [0.717, 1.165) is 0 Å². The third-order valence-electron chi connectivity index (χ3n) is 3.16. The molecule has 2 aromatic rings. The van der Waals surface area contributed by atoms with E-state index >= 15 is 0 Å². The number of carbonyl (C=O) groups is 1. The van der Waals surface area contributed by atoms with Crippen molar-refractivity contribution in [3.63, 3.8) is 0 Å². The Hall–Kier alpha value is -2.37. The van der Waals surface area contributed by atoms with Gasteiger partial charge in [0.15, 0.2) is 0 Å². The molecule has 0 saturated heterocycles. The fraction of sp³-hybridized carbons (Fsp3) is 0.286. The number of hydrogen-bond acceptors (Lipinski definition) is 3. The molecule has 1 aromatic carbocycles. The van der Waals surface area contributed by atoms with Crippen LogP contribution in [0.15, 0.2) is 24.3 Å². The molecule has 0 fully saturated rings. The van der Waals surface area contributed by atoms with Gasteiger partial charge in [-0.3, -0.25) is 4.68 Å². The van der Waals surface area contributed by atoms with Crippen molar-refractivity contribution < 1.29 is 14.3 Å². The quantitative estimate of drug-likeness (QED) is 0.901. The lowest BCUT2D eigenvalue weighted by Crippen LogP contribution is -2.14. The van der Waals surface area contributed by atoms with E-state index in [1.165, 1.54) is 10.7 Å². The summed E-state index contributed by atoms with van der Waals surface area (Å²) in [5, 5.41) is 16.3. The summed E-state index contributed by atoms with van der Waals surface area (Å²) in [5.41, 5.74) is 1.00. The zero-order chi connectivity index (χ0) is 14.9. The fourth-order valence-corrected chi connectivity index (χ4v) is 2.19. The summed E-state index contributed by atoms with van der Waals surface area (Å²) >= 11 is 0. The molecule has 2 rings (SSSR count). The van der Waals surface area contributed by atoms with Crippen LogP contribution in [0.5, 0.6) is 0 Å². The van der Waals surface area contributed by atoms with E-state index < -0.39 is 5.97 Å². The average Bonchev–Trinajstić information content (AvgIpc) is 2.64. The Morgan fingerprint density at radius 2 is 2.10 bits per heavy atom. The predicted octanol–water partition coefficient (Wildman–Crippen LogP) is 2.74. The second-order valence-electron chi connectivity index (χ2n) is 4.63. The molecule has 1 heterocycles. The van der Waals surface area contributed by atoms with Crippen LogP contribution < -0.4 is 5.32 Å². The number of nitrogens with zero attached hydrogens (tertiary/aromatic N) is 2. The Morgan fingerprint density at radius 1 is 1.45 bits per heavy atom. The number of halogens is 1. The third-order valence-corrected chi connectivity index (χ3v) is 3.16. The van der Waals surface area contributed by atoms with Gasteiger partial charge in [0.2, 0.25) is 0 Å². The summed E-state index contributed by atoms with van der Waals surface area (Å²) < 4.78 is 15.2. The minimum Gasteiger partial charge on any atom is -0.477 e. The van der Waals surface area contributed by atoms with Crippen LogP contribution in [0, 0.1) is 12.7 Å². The number of aromatic nitrogens is 2. The Bertz CT molecular complexity index is 652. The summed E-state index contributed by atoms with van der Waals surface area (Å²) in [6.45, 7) is 3.40. The third kappa shape index (κ3) is 2.49. The van der Waals surface area contributed by atoms with Gasteiger partial charge in [0, 0.05) is 12.6 Å². The van der Waals surface area contributed by atoms with Gasteiger partial charge in [-0.15, -0.1) is 0 Å². The van der Waals surface area contributed by atoms with Crippen LogP contribution in [-0.2, 0) is 7.05 Å². The highest BCUT2D eigenvalue weighted by molar-refractivity contribution is 5.94. The SMILES string of the molecule is Cc1nn(C)c(NC(C)c2ccccc2F)c1C(=O)O. The lowest BCUT2D eigenvalue weighted by Gasteiger charge is -2.17. The van der Waals surface area contributed by atoms with Crippen molar-refractivity contribution in [2.45, 2.75) is 19.9 Å². The van der Waals surface area contributed by atoms with Crippen molar-refractivity contribution in [1.29, 1.82) is 0 Å². The molecular weight excluding hydrogens is 261 g/mol. The highest BCUT2D eigenvalue weighted by Gasteiger charge is 2.21. The summed E-state index contributed by atoms with van der Waals surface area (Å²) in [4.78, 5) is 11.3. The maximum absolute atomic E-state index is 13.7. The molecule has 6 heteroatoms. The van der Waals surface area contributed by atoms with Crippen molar-refractivity contribution >= 4 is 11.8 Å². The molecule has 1 aromatic heterocycles. The number of aromatic carboxylic acids is 1. The molecule has 0 amide bonds. The molecule has 0 aliphatic heterocycles. The van der Waals surface area contributed by atoms with Gasteiger partial charge in [0.25, 0.3) is 0 Å². The first-order valence-electron chi connectivity index (χ1n) is 6.19. The van der Waals surface area contributed by atoms with Gasteiger partial charge in [0.05, 0.1) is 11.7 Å². The van der Waals surface area contributed by atoms with E-state index in [2.05, 4.69) is 10.4 Å². The highest BCUT2D eigenvalue weighted by Crippen LogP contribution is 2.25. The van der Waals surface area contributed by atoms with Crippen LogP contribution in [-0.4, -0.2) is 20.9 Å². The van der Waals surface area contributed by atoms with Crippen molar-refractivity contribution in [1.82, 2.24) is 9.78 Å². The number of hydrogen-bond donors (Lipinski definition) is 2. The first-order valence-corrected chi connectivity index (χ1v) is 6.19. The molecular formula is C14H16FN3O2. The minimum atomic E-state index is -1.06. The topological polar surface area (TPSA) is 67.2 Å². The molecule has 0 aliphatic rings. The number of nitrogens with one attached hydrogen (secondary N) is 1. The van der Waals surface area contributed by atoms with Gasteiger partial charge >= 0.3 is 5.97 Å². The monoisotopic (exact) mass is 277 g/mol. The predicted molar refractivity (Wildman–Crippen MR) is 73.3 cm³/mol. The number of benzene rings is 1. The van der Waals surface area contributed by atoms with E-state index in [-0.39, 0.29) is 17.4 Å². The molecule has 20 heavy (non-hydrogen) atoms. The summed E-state index contributed by atoms with van der Waals surface area (Å²) in [6.07, 6.45) is 0. The van der Waals surface area contributed by atoms with Crippen LogP contribution in [0.4, 0.5) is 10.2 Å². The molecule has 1 unspecified atom stereocenters. The van der Waals surface area contributed by atoms with Crippen molar-refractivity contribution in [2.24, 2.45) is 7.05 Å². The van der Waals surface area contributed by atoms with Gasteiger partial charge in [-0.25, -0.2) is 9.18 Å². The summed E-state index contributed by atoms with van der Waals surface area (Å²) in [7, 11) is 1.65. The van der Waals surface area contributed by atoms with E-state index in [0.29, 0.717) is 17.1 Å². The van der Waals surface area contributed by atoms with Crippen LogP contribution in [0.2, 0.25) is 0 Å². The van der Waals surface area contributed by atoms with Crippen LogP contribution in [0.3, 0.4) is 0 Å². The van der Waals surface area contributed by atoms with E-state index in [1.807, 2.05) is 0 Å². The van der Waals surface area contributed by atoms with Crippen LogP contribution in [0.25, 0.3) is 0 Å². The molecule has 0 radical (unpaired) electrons. The van der Waals surface area contributed by atoms with Crippen LogP contribution >= 0.6 is 0 Å². The number of carboxylic acids is 1. The second-order valence-corrected chi connectivity index (χ2v) is 4.63. The van der Waals surface area contributed by atoms with E-state index in [1.54, 1.807) is 39.1 Å². The number of anilines is 1. The zero-order valence-electron chi connectivity index (χ0n) is 11.5. The number of carboxylic acid groups (broad SMARTS) is 1. The van der Waals surface area contributed by atoms with Crippen LogP contribution in [0.1, 0.15) is 34.6 Å². The smallest absolute Gasteiger partial charge is 0.341 e. The zero-order valence-corrected chi connectivity index (χ0v) is 11.5. The Balaban J connectivity index is 2.36. The standard InChI is InChI=1S/C14H16FN3O2/c1-8(10-6-4-5-7-11(10)15)16-13-12(14(19)20)9(2)17-18(13)3/h4-8,16H,1-3H3,(H,19,20). The molecule has 1 atom stereocenters. The van der Waals surface area contributed by atoms with Gasteiger partial charge in [-0.05, 0) is 19.9 Å². The molecule has 0 bridgehead atoms. The maximum atomic E-state index is 13.7. The van der Waals surface area contributed by atoms with E-state index in [9.17, 15) is 14.3 Å². The molecule has 5 nitrogen and oxygen atoms in total. The van der Waals surface area contributed by atoms with Gasteiger partial charge in [-0.1, -0.05) is 18.2 Å². The second kappa shape index (κ2) is 5.32. The fourth-order valence-electron chi connectivity index (χ4n) is 2.19. The first-order chi connectivity index (χ1) is 9.41. The first kappa shape index (κ1) is 14.0. The number of rotatable bonds is 4. The molecule has 106 valence electrons. The Labute approximate surface area is 116 Å².